The standard InChI is InChI=1S/C20H27N3O6S2/c1-20(2,3)29-19(25)21-9-17(24)22-18-23(10-13-5-7-14(28-4)8-6-13)15-11-31(26,27)12-16(15)30-18/h5-8,15-16H,9-12H2,1-4H3,(H,21,25)/t15-,16-/m1/s1. The Balaban J connectivity index is 1.72. The van der Waals surface area contributed by atoms with E-state index in [4.69, 9.17) is 9.47 Å². The molecule has 2 aliphatic heterocycles. The highest BCUT2D eigenvalue weighted by molar-refractivity contribution is 8.15. The minimum absolute atomic E-state index is 0.0319. The number of carbonyl (C=O) groups is 2. The predicted molar refractivity (Wildman–Crippen MR) is 119 cm³/mol. The van der Waals surface area contributed by atoms with Crippen LogP contribution in [-0.4, -0.2) is 72.5 Å². The van der Waals surface area contributed by atoms with E-state index in [9.17, 15) is 18.0 Å². The summed E-state index contributed by atoms with van der Waals surface area (Å²) >= 11 is 1.30. The van der Waals surface area contributed by atoms with Gasteiger partial charge in [0.05, 0.1) is 24.7 Å². The van der Waals surface area contributed by atoms with E-state index in [1.165, 1.54) is 11.8 Å². The lowest BCUT2D eigenvalue weighted by molar-refractivity contribution is -0.117. The molecule has 2 aliphatic rings. The molecule has 3 rings (SSSR count). The van der Waals surface area contributed by atoms with Crippen LogP contribution in [0.5, 0.6) is 5.75 Å². The molecular formula is C20H27N3O6S2. The van der Waals surface area contributed by atoms with E-state index in [0.717, 1.165) is 11.3 Å². The number of hydrogen-bond donors (Lipinski definition) is 1. The van der Waals surface area contributed by atoms with Crippen LogP contribution in [0, 0.1) is 0 Å². The van der Waals surface area contributed by atoms with E-state index in [2.05, 4.69) is 10.3 Å². The molecule has 1 N–H and O–H groups in total. The number of methoxy groups -OCH3 is 1. The van der Waals surface area contributed by atoms with Gasteiger partial charge >= 0.3 is 6.09 Å². The zero-order valence-corrected chi connectivity index (χ0v) is 19.6. The van der Waals surface area contributed by atoms with Gasteiger partial charge in [0.2, 0.25) is 0 Å². The fraction of sp³-hybridized carbons (Fsp3) is 0.550. The van der Waals surface area contributed by atoms with Gasteiger partial charge in [-0.25, -0.2) is 13.2 Å². The molecule has 2 heterocycles. The fourth-order valence-corrected chi connectivity index (χ4v) is 7.32. The van der Waals surface area contributed by atoms with Crippen molar-refractivity contribution in [3.05, 3.63) is 29.8 Å². The van der Waals surface area contributed by atoms with E-state index in [0.29, 0.717) is 11.7 Å². The summed E-state index contributed by atoms with van der Waals surface area (Å²) < 4.78 is 34.5. The summed E-state index contributed by atoms with van der Waals surface area (Å²) in [4.78, 5) is 30.2. The lowest BCUT2D eigenvalue weighted by Gasteiger charge is -2.24. The number of aliphatic imine (C=N–C) groups is 1. The van der Waals surface area contributed by atoms with Crippen LogP contribution in [0.2, 0.25) is 0 Å². The highest BCUT2D eigenvalue weighted by Crippen LogP contribution is 2.39. The second-order valence-corrected chi connectivity index (χ2v) is 11.8. The predicted octanol–water partition coefficient (Wildman–Crippen LogP) is 1.82. The molecule has 0 radical (unpaired) electrons. The van der Waals surface area contributed by atoms with Crippen LogP contribution in [0.1, 0.15) is 26.3 Å². The van der Waals surface area contributed by atoms with Crippen LogP contribution in [0.25, 0.3) is 0 Å². The first-order chi connectivity index (χ1) is 14.5. The number of fused-ring (bicyclic) bond motifs is 1. The van der Waals surface area contributed by atoms with E-state index >= 15 is 0 Å². The molecule has 2 saturated heterocycles. The largest absolute Gasteiger partial charge is 0.497 e. The summed E-state index contributed by atoms with van der Waals surface area (Å²) in [5.74, 6) is 0.281. The number of hydrogen-bond acceptors (Lipinski definition) is 7. The number of alkyl carbamates (subject to hydrolysis) is 1. The number of ether oxygens (including phenoxy) is 2. The van der Waals surface area contributed by atoms with Crippen LogP contribution >= 0.6 is 11.8 Å². The van der Waals surface area contributed by atoms with Crippen LogP contribution in [0.3, 0.4) is 0 Å². The number of rotatable bonds is 5. The lowest BCUT2D eigenvalue weighted by atomic mass is 10.1. The van der Waals surface area contributed by atoms with Crippen molar-refractivity contribution in [1.82, 2.24) is 10.2 Å². The Morgan fingerprint density at radius 2 is 1.90 bits per heavy atom. The fourth-order valence-electron chi connectivity index (χ4n) is 3.36. The number of amides is 2. The molecule has 0 saturated carbocycles. The highest BCUT2D eigenvalue weighted by atomic mass is 32.2. The van der Waals surface area contributed by atoms with Crippen molar-refractivity contribution in [2.45, 2.75) is 44.2 Å². The molecule has 170 valence electrons. The molecule has 2 atom stereocenters. The van der Waals surface area contributed by atoms with Crippen LogP contribution in [-0.2, 0) is 25.9 Å². The molecule has 31 heavy (non-hydrogen) atoms. The number of sulfone groups is 1. The lowest BCUT2D eigenvalue weighted by Crippen LogP contribution is -2.38. The summed E-state index contributed by atoms with van der Waals surface area (Å²) in [6.45, 7) is 5.30. The maximum absolute atomic E-state index is 12.4. The van der Waals surface area contributed by atoms with Crippen molar-refractivity contribution >= 4 is 38.8 Å². The van der Waals surface area contributed by atoms with Gasteiger partial charge in [-0.3, -0.25) is 4.79 Å². The van der Waals surface area contributed by atoms with Crippen molar-refractivity contribution in [3.8, 4) is 5.75 Å². The third kappa shape index (κ3) is 6.36. The van der Waals surface area contributed by atoms with Crippen LogP contribution < -0.4 is 10.1 Å². The summed E-state index contributed by atoms with van der Waals surface area (Å²) in [7, 11) is -1.54. The summed E-state index contributed by atoms with van der Waals surface area (Å²) in [5, 5.41) is 2.69. The second kappa shape index (κ2) is 9.07. The average Bonchev–Trinajstić information content (AvgIpc) is 3.11. The number of nitrogens with zero attached hydrogens (tertiary/aromatic N) is 2. The Morgan fingerprint density at radius 1 is 1.23 bits per heavy atom. The third-order valence-electron chi connectivity index (χ3n) is 4.69. The van der Waals surface area contributed by atoms with Crippen LogP contribution in [0.15, 0.2) is 29.3 Å². The molecule has 0 aliphatic carbocycles. The first kappa shape index (κ1) is 23.4. The number of benzene rings is 1. The minimum atomic E-state index is -3.13. The Labute approximate surface area is 186 Å². The van der Waals surface area contributed by atoms with Gasteiger partial charge in [-0.2, -0.15) is 4.99 Å². The molecule has 1 aromatic carbocycles. The minimum Gasteiger partial charge on any atom is -0.497 e. The topological polar surface area (TPSA) is 114 Å². The van der Waals surface area contributed by atoms with Gasteiger partial charge in [0.1, 0.15) is 17.9 Å². The number of thioether (sulfide) groups is 1. The van der Waals surface area contributed by atoms with Gasteiger partial charge in [0.15, 0.2) is 15.0 Å². The third-order valence-corrected chi connectivity index (χ3v) is 7.94. The Bertz CT molecular complexity index is 970. The molecular weight excluding hydrogens is 442 g/mol. The molecule has 2 amide bonds. The number of nitrogens with one attached hydrogen (secondary N) is 1. The zero-order chi connectivity index (χ0) is 22.8. The van der Waals surface area contributed by atoms with Crippen molar-refractivity contribution < 1.29 is 27.5 Å². The Morgan fingerprint density at radius 3 is 2.52 bits per heavy atom. The van der Waals surface area contributed by atoms with E-state index in [-0.39, 0.29) is 29.3 Å². The first-order valence-electron chi connectivity index (χ1n) is 9.81. The van der Waals surface area contributed by atoms with Crippen molar-refractivity contribution in [1.29, 1.82) is 0 Å². The number of amidine groups is 1. The Kier molecular flexibility index (Phi) is 6.85. The summed E-state index contributed by atoms with van der Waals surface area (Å²) in [5.41, 5.74) is 0.275. The molecule has 11 heteroatoms. The molecule has 0 unspecified atom stereocenters. The number of carbonyl (C=O) groups excluding carboxylic acids is 2. The van der Waals surface area contributed by atoms with Gasteiger partial charge in [-0.05, 0) is 38.5 Å². The molecule has 1 aromatic rings. The van der Waals surface area contributed by atoms with Crippen LogP contribution in [0.4, 0.5) is 4.79 Å². The van der Waals surface area contributed by atoms with Gasteiger partial charge in [-0.1, -0.05) is 23.9 Å². The molecule has 0 aromatic heterocycles. The maximum atomic E-state index is 12.4. The van der Waals surface area contributed by atoms with Gasteiger partial charge in [-0.15, -0.1) is 0 Å². The summed E-state index contributed by atoms with van der Waals surface area (Å²) in [6, 6.07) is 7.19. The smallest absolute Gasteiger partial charge is 0.408 e. The molecule has 9 nitrogen and oxygen atoms in total. The highest BCUT2D eigenvalue weighted by Gasteiger charge is 2.48. The van der Waals surface area contributed by atoms with Crippen molar-refractivity contribution in [3.63, 3.8) is 0 Å². The summed E-state index contributed by atoms with van der Waals surface area (Å²) in [6.07, 6.45) is -0.696. The quantitative estimate of drug-likeness (QED) is 0.695. The zero-order valence-electron chi connectivity index (χ0n) is 18.0. The van der Waals surface area contributed by atoms with Gasteiger partial charge < -0.3 is 19.7 Å². The van der Waals surface area contributed by atoms with Gasteiger partial charge in [0, 0.05) is 11.8 Å². The average molecular weight is 470 g/mol. The van der Waals surface area contributed by atoms with Crippen molar-refractivity contribution in [2.75, 3.05) is 25.2 Å². The maximum Gasteiger partial charge on any atom is 0.408 e. The van der Waals surface area contributed by atoms with Gasteiger partial charge in [0.25, 0.3) is 5.91 Å². The molecule has 0 bridgehead atoms. The molecule has 0 spiro atoms. The van der Waals surface area contributed by atoms with Crippen molar-refractivity contribution in [2.24, 2.45) is 4.99 Å². The normalized spacial score (nSPS) is 23.5. The first-order valence-corrected chi connectivity index (χ1v) is 12.5. The van der Waals surface area contributed by atoms with E-state index in [1.807, 2.05) is 29.2 Å². The second-order valence-electron chi connectivity index (χ2n) is 8.42. The molecule has 2 fully saturated rings. The van der Waals surface area contributed by atoms with E-state index < -0.39 is 27.4 Å². The van der Waals surface area contributed by atoms with E-state index in [1.54, 1.807) is 27.9 Å². The monoisotopic (exact) mass is 469 g/mol. The Hall–Kier alpha value is -2.27. The SMILES string of the molecule is COc1ccc(CN2C(=NC(=O)CNC(=O)OC(C)(C)C)S[C@@H]3CS(=O)(=O)C[C@H]32)cc1.